The van der Waals surface area contributed by atoms with E-state index < -0.39 is 0 Å². The van der Waals surface area contributed by atoms with Crippen molar-refractivity contribution in [3.05, 3.63) is 36.0 Å². The van der Waals surface area contributed by atoms with E-state index in [1.165, 1.54) is 48.7 Å². The summed E-state index contributed by atoms with van der Waals surface area (Å²) in [4.78, 5) is 0. The van der Waals surface area contributed by atoms with E-state index in [0.29, 0.717) is 0 Å². The maximum Gasteiger partial charge on any atom is 0.0483 e. The molecule has 96 valence electrons. The van der Waals surface area contributed by atoms with Gasteiger partial charge in [0.15, 0.2) is 0 Å². The maximum absolute atomic E-state index is 5.68. The zero-order valence-corrected chi connectivity index (χ0v) is 10.9. The highest BCUT2D eigenvalue weighted by molar-refractivity contribution is 5.83. The lowest BCUT2D eigenvalue weighted by molar-refractivity contribution is 0.466. The minimum absolute atomic E-state index is 0.729. The van der Waals surface area contributed by atoms with Crippen LogP contribution in [0, 0.1) is 5.92 Å². The van der Waals surface area contributed by atoms with Crippen LogP contribution in [-0.2, 0) is 13.0 Å². The third-order valence-electron chi connectivity index (χ3n) is 4.25. The summed E-state index contributed by atoms with van der Waals surface area (Å²) in [7, 11) is 0. The van der Waals surface area contributed by atoms with E-state index in [2.05, 4.69) is 35.0 Å². The lowest BCUT2D eigenvalue weighted by Crippen LogP contribution is -2.06. The van der Waals surface area contributed by atoms with Gasteiger partial charge in [-0.15, -0.1) is 0 Å². The molecule has 0 radical (unpaired) electrons. The largest absolute Gasteiger partial charge is 0.347 e. The first-order valence-electron chi connectivity index (χ1n) is 7.15. The molecular weight excluding hydrogens is 220 g/mol. The normalized spacial score (nSPS) is 16.7. The Morgan fingerprint density at radius 3 is 2.78 bits per heavy atom. The van der Waals surface area contributed by atoms with Gasteiger partial charge < -0.3 is 10.3 Å². The summed E-state index contributed by atoms with van der Waals surface area (Å²) in [5.74, 6) is 0.888. The van der Waals surface area contributed by atoms with Crippen LogP contribution in [-0.4, -0.2) is 11.1 Å². The third-order valence-corrected chi connectivity index (χ3v) is 4.25. The van der Waals surface area contributed by atoms with Gasteiger partial charge in [0.1, 0.15) is 0 Å². The molecule has 1 heterocycles. The second-order valence-corrected chi connectivity index (χ2v) is 5.51. The number of hydrogen-bond donors (Lipinski definition) is 1. The lowest BCUT2D eigenvalue weighted by atomic mass is 10.1. The smallest absolute Gasteiger partial charge is 0.0483 e. The highest BCUT2D eigenvalue weighted by atomic mass is 15.0. The first kappa shape index (κ1) is 11.8. The zero-order valence-electron chi connectivity index (χ0n) is 10.9. The van der Waals surface area contributed by atoms with E-state index >= 15 is 0 Å². The number of rotatable bonds is 4. The van der Waals surface area contributed by atoms with Gasteiger partial charge in [-0.2, -0.15) is 0 Å². The van der Waals surface area contributed by atoms with Gasteiger partial charge >= 0.3 is 0 Å². The summed E-state index contributed by atoms with van der Waals surface area (Å²) in [5, 5.41) is 1.39. The average Bonchev–Trinajstić information content (AvgIpc) is 3.01. The fourth-order valence-corrected chi connectivity index (χ4v) is 3.29. The second kappa shape index (κ2) is 5.15. The molecule has 2 aromatic rings. The van der Waals surface area contributed by atoms with Gasteiger partial charge in [0, 0.05) is 23.6 Å². The molecule has 18 heavy (non-hydrogen) atoms. The molecule has 0 atom stereocenters. The summed E-state index contributed by atoms with van der Waals surface area (Å²) in [5.41, 5.74) is 8.45. The Kier molecular flexibility index (Phi) is 3.37. The third kappa shape index (κ3) is 2.17. The van der Waals surface area contributed by atoms with E-state index in [1.54, 1.807) is 0 Å². The maximum atomic E-state index is 5.68. The monoisotopic (exact) mass is 242 g/mol. The van der Waals surface area contributed by atoms with Gasteiger partial charge in [-0.1, -0.05) is 25.0 Å². The van der Waals surface area contributed by atoms with Gasteiger partial charge in [0.2, 0.25) is 0 Å². The summed E-state index contributed by atoms with van der Waals surface area (Å²) < 4.78 is 2.44. The summed E-state index contributed by atoms with van der Waals surface area (Å²) in [6, 6.07) is 8.87. The van der Waals surface area contributed by atoms with Gasteiger partial charge in [0.05, 0.1) is 0 Å². The van der Waals surface area contributed by atoms with Gasteiger partial charge in [-0.25, -0.2) is 0 Å². The van der Waals surface area contributed by atoms with Crippen molar-refractivity contribution in [2.24, 2.45) is 11.7 Å². The van der Waals surface area contributed by atoms with Gasteiger partial charge in [-0.3, -0.25) is 0 Å². The van der Waals surface area contributed by atoms with Crippen molar-refractivity contribution in [2.75, 3.05) is 6.54 Å². The first-order chi connectivity index (χ1) is 8.88. The van der Waals surface area contributed by atoms with Crippen LogP contribution >= 0.6 is 0 Å². The second-order valence-electron chi connectivity index (χ2n) is 5.51. The number of aromatic nitrogens is 1. The van der Waals surface area contributed by atoms with E-state index in [1.807, 2.05) is 0 Å². The van der Waals surface area contributed by atoms with Crippen LogP contribution in [0.3, 0.4) is 0 Å². The van der Waals surface area contributed by atoms with Crippen molar-refractivity contribution < 1.29 is 0 Å². The predicted octanol–water partition coefficient (Wildman–Crippen LogP) is 3.33. The van der Waals surface area contributed by atoms with Crippen LogP contribution in [0.2, 0.25) is 0 Å². The molecule has 1 aliphatic rings. The molecule has 0 aliphatic heterocycles. The highest BCUT2D eigenvalue weighted by Gasteiger charge is 2.16. The van der Waals surface area contributed by atoms with Crippen LogP contribution < -0.4 is 5.73 Å². The average molecular weight is 242 g/mol. The molecule has 2 nitrogen and oxygen atoms in total. The summed E-state index contributed by atoms with van der Waals surface area (Å²) in [6.45, 7) is 1.92. The molecule has 1 aromatic heterocycles. The molecule has 0 bridgehead atoms. The molecule has 2 N–H and O–H groups in total. The number of benzene rings is 1. The molecule has 3 rings (SSSR count). The molecule has 0 saturated heterocycles. The van der Waals surface area contributed by atoms with E-state index in [4.69, 9.17) is 5.73 Å². The van der Waals surface area contributed by atoms with E-state index in [0.717, 1.165) is 18.9 Å². The molecule has 2 heteroatoms. The number of nitrogens with two attached hydrogens (primary N) is 1. The Balaban J connectivity index is 1.90. The standard InChI is InChI=1S/C16H22N2/c17-10-8-14-6-3-7-16-15(14)9-11-18(16)12-13-4-1-2-5-13/h3,6-7,9,11,13H,1-2,4-5,8,10,12,17H2. The van der Waals surface area contributed by atoms with Crippen LogP contribution in [0.15, 0.2) is 30.5 Å². The van der Waals surface area contributed by atoms with Crippen LogP contribution in [0.4, 0.5) is 0 Å². The molecule has 1 aliphatic carbocycles. The van der Waals surface area contributed by atoms with Crippen molar-refractivity contribution >= 4 is 10.9 Å². The fraction of sp³-hybridized carbons (Fsp3) is 0.500. The number of fused-ring (bicyclic) bond motifs is 1. The van der Waals surface area contributed by atoms with Crippen molar-refractivity contribution in [1.29, 1.82) is 0 Å². The van der Waals surface area contributed by atoms with Gasteiger partial charge in [-0.05, 0) is 49.4 Å². The van der Waals surface area contributed by atoms with Crippen molar-refractivity contribution in [2.45, 2.75) is 38.6 Å². The van der Waals surface area contributed by atoms with Crippen LogP contribution in [0.1, 0.15) is 31.2 Å². The van der Waals surface area contributed by atoms with E-state index in [9.17, 15) is 0 Å². The Hall–Kier alpha value is -1.28. The SMILES string of the molecule is NCCc1cccc2c1ccn2CC1CCCC1. The topological polar surface area (TPSA) is 30.9 Å². The predicted molar refractivity (Wildman–Crippen MR) is 76.7 cm³/mol. The van der Waals surface area contributed by atoms with Crippen molar-refractivity contribution in [3.8, 4) is 0 Å². The van der Waals surface area contributed by atoms with Crippen molar-refractivity contribution in [3.63, 3.8) is 0 Å². The molecular formula is C16H22N2. The minimum Gasteiger partial charge on any atom is -0.347 e. The fourth-order valence-electron chi connectivity index (χ4n) is 3.29. The number of hydrogen-bond acceptors (Lipinski definition) is 1. The van der Waals surface area contributed by atoms with Gasteiger partial charge in [0.25, 0.3) is 0 Å². The molecule has 0 spiro atoms. The Bertz CT molecular complexity index is 521. The summed E-state index contributed by atoms with van der Waals surface area (Å²) >= 11 is 0. The van der Waals surface area contributed by atoms with Crippen molar-refractivity contribution in [1.82, 2.24) is 4.57 Å². The molecule has 0 unspecified atom stereocenters. The zero-order chi connectivity index (χ0) is 12.4. The first-order valence-corrected chi connectivity index (χ1v) is 7.15. The molecule has 0 amide bonds. The Morgan fingerprint density at radius 2 is 2.00 bits per heavy atom. The van der Waals surface area contributed by atoms with Crippen LogP contribution in [0.5, 0.6) is 0 Å². The summed E-state index contributed by atoms with van der Waals surface area (Å²) in [6.07, 6.45) is 8.88. The quantitative estimate of drug-likeness (QED) is 0.876. The lowest BCUT2D eigenvalue weighted by Gasteiger charge is -2.12. The highest BCUT2D eigenvalue weighted by Crippen LogP contribution is 2.28. The minimum atomic E-state index is 0.729. The number of nitrogens with zero attached hydrogens (tertiary/aromatic N) is 1. The molecule has 1 aromatic carbocycles. The molecule has 1 fully saturated rings. The molecule has 1 saturated carbocycles. The van der Waals surface area contributed by atoms with E-state index in [-0.39, 0.29) is 0 Å². The Morgan fingerprint density at radius 1 is 1.17 bits per heavy atom. The van der Waals surface area contributed by atoms with Crippen LogP contribution in [0.25, 0.3) is 10.9 Å². The Labute approximate surface area is 109 Å².